The summed E-state index contributed by atoms with van der Waals surface area (Å²) in [6.07, 6.45) is -4.79. The molecule has 17 heavy (non-hydrogen) atoms. The zero-order chi connectivity index (χ0) is 13.4. The number of carbonyl (C=O) groups is 1. The first-order valence-corrected chi connectivity index (χ1v) is 4.58. The molecule has 0 aliphatic carbocycles. The molecule has 92 valence electrons. The number of nitro benzene ring substituents is 1. The number of nitro groups is 1. The van der Waals surface area contributed by atoms with Crippen LogP contribution in [0.3, 0.4) is 0 Å². The van der Waals surface area contributed by atoms with E-state index in [0.717, 1.165) is 6.92 Å². The van der Waals surface area contributed by atoms with Crippen LogP contribution in [0.5, 0.6) is 0 Å². The number of alkyl halides is 3. The second-order valence-corrected chi connectivity index (χ2v) is 3.57. The molecule has 0 radical (unpaired) electrons. The second-order valence-electron chi connectivity index (χ2n) is 3.16. The molecule has 1 aromatic rings. The molecule has 0 saturated carbocycles. The minimum atomic E-state index is -4.79. The lowest BCUT2D eigenvalue weighted by Crippen LogP contribution is -2.12. The van der Waals surface area contributed by atoms with Crippen molar-refractivity contribution in [1.29, 1.82) is 0 Å². The molecule has 0 saturated heterocycles. The van der Waals surface area contributed by atoms with E-state index < -0.39 is 38.7 Å². The summed E-state index contributed by atoms with van der Waals surface area (Å²) in [4.78, 5) is 20.6. The zero-order valence-electron chi connectivity index (χ0n) is 8.34. The summed E-state index contributed by atoms with van der Waals surface area (Å²) in [6, 6.07) is 0.921. The van der Waals surface area contributed by atoms with E-state index in [4.69, 9.17) is 11.6 Å². The van der Waals surface area contributed by atoms with Crippen LogP contribution >= 0.6 is 11.6 Å². The number of hydrogen-bond donors (Lipinski definition) is 0. The first-order valence-electron chi connectivity index (χ1n) is 4.20. The van der Waals surface area contributed by atoms with Crippen LogP contribution < -0.4 is 0 Å². The molecule has 0 atom stereocenters. The largest absolute Gasteiger partial charge is 0.417 e. The van der Waals surface area contributed by atoms with Gasteiger partial charge in [-0.05, 0) is 13.0 Å². The monoisotopic (exact) mass is 267 g/mol. The molecule has 1 rings (SSSR count). The minimum absolute atomic E-state index is 0.385. The Morgan fingerprint density at radius 3 is 2.29 bits per heavy atom. The highest BCUT2D eigenvalue weighted by molar-refractivity contribution is 6.32. The van der Waals surface area contributed by atoms with Crippen molar-refractivity contribution < 1.29 is 22.9 Å². The van der Waals surface area contributed by atoms with Gasteiger partial charge < -0.3 is 0 Å². The molecule has 1 aromatic carbocycles. The summed E-state index contributed by atoms with van der Waals surface area (Å²) in [5.41, 5.74) is -2.78. The molecule has 8 heteroatoms. The smallest absolute Gasteiger partial charge is 0.294 e. The molecule has 0 fully saturated rings. The normalized spacial score (nSPS) is 11.4. The maximum absolute atomic E-state index is 12.5. The van der Waals surface area contributed by atoms with Gasteiger partial charge in [0.1, 0.15) is 5.02 Å². The van der Waals surface area contributed by atoms with Gasteiger partial charge in [0, 0.05) is 11.6 Å². The predicted octanol–water partition coefficient (Wildman–Crippen LogP) is 3.47. The summed E-state index contributed by atoms with van der Waals surface area (Å²) in [5, 5.41) is 9.83. The molecular weight excluding hydrogens is 263 g/mol. The van der Waals surface area contributed by atoms with Gasteiger partial charge in [0.15, 0.2) is 5.78 Å². The molecule has 0 bridgehead atoms. The van der Waals surface area contributed by atoms with Crippen molar-refractivity contribution in [2.75, 3.05) is 0 Å². The summed E-state index contributed by atoms with van der Waals surface area (Å²) in [5.74, 6) is -0.919. The number of rotatable bonds is 2. The SMILES string of the molecule is CC(=O)c1cc([N+](=O)[O-])c(Cl)cc1C(F)(F)F. The van der Waals surface area contributed by atoms with Crippen LogP contribution in [0.2, 0.25) is 5.02 Å². The number of benzene rings is 1. The van der Waals surface area contributed by atoms with Gasteiger partial charge in [-0.3, -0.25) is 14.9 Å². The Morgan fingerprint density at radius 1 is 1.41 bits per heavy atom. The Hall–Kier alpha value is -1.63. The van der Waals surface area contributed by atoms with Gasteiger partial charge in [-0.25, -0.2) is 0 Å². The van der Waals surface area contributed by atoms with E-state index in [1.54, 1.807) is 0 Å². The standard InChI is InChI=1S/C9H5ClF3NO3/c1-4(15)5-2-8(14(16)17)7(10)3-6(5)9(11,12)13/h2-3H,1H3. The fourth-order valence-electron chi connectivity index (χ4n) is 1.23. The van der Waals surface area contributed by atoms with E-state index in [9.17, 15) is 28.1 Å². The average Bonchev–Trinajstić information content (AvgIpc) is 2.14. The van der Waals surface area contributed by atoms with Crippen molar-refractivity contribution in [2.45, 2.75) is 13.1 Å². The maximum atomic E-state index is 12.5. The fraction of sp³-hybridized carbons (Fsp3) is 0.222. The maximum Gasteiger partial charge on any atom is 0.417 e. The summed E-state index contributed by atoms with van der Waals surface area (Å²) < 4.78 is 37.6. The van der Waals surface area contributed by atoms with Crippen LogP contribution in [0.25, 0.3) is 0 Å². The van der Waals surface area contributed by atoms with Gasteiger partial charge in [0.2, 0.25) is 0 Å². The van der Waals surface area contributed by atoms with E-state index >= 15 is 0 Å². The summed E-state index contributed by atoms with van der Waals surface area (Å²) in [7, 11) is 0. The van der Waals surface area contributed by atoms with Crippen LogP contribution in [0.4, 0.5) is 18.9 Å². The van der Waals surface area contributed by atoms with Crippen molar-refractivity contribution in [1.82, 2.24) is 0 Å². The Kier molecular flexibility index (Phi) is 3.42. The van der Waals surface area contributed by atoms with Crippen LogP contribution in [-0.4, -0.2) is 10.7 Å². The van der Waals surface area contributed by atoms with Gasteiger partial charge >= 0.3 is 6.18 Å². The van der Waals surface area contributed by atoms with E-state index in [0.29, 0.717) is 12.1 Å². The van der Waals surface area contributed by atoms with E-state index in [-0.39, 0.29) is 0 Å². The first-order chi connectivity index (χ1) is 7.64. The third-order valence-electron chi connectivity index (χ3n) is 1.97. The molecule has 0 heterocycles. The van der Waals surface area contributed by atoms with Crippen molar-refractivity contribution in [2.24, 2.45) is 0 Å². The van der Waals surface area contributed by atoms with Gasteiger partial charge in [0.05, 0.1) is 10.5 Å². The third-order valence-corrected chi connectivity index (χ3v) is 2.27. The Bertz CT molecular complexity index is 499. The van der Waals surface area contributed by atoms with E-state index in [1.807, 2.05) is 0 Å². The van der Waals surface area contributed by atoms with E-state index in [1.165, 1.54) is 0 Å². The number of hydrogen-bond acceptors (Lipinski definition) is 3. The van der Waals surface area contributed by atoms with Crippen LogP contribution in [0.1, 0.15) is 22.8 Å². The lowest BCUT2D eigenvalue weighted by molar-refractivity contribution is -0.384. The highest BCUT2D eigenvalue weighted by Gasteiger charge is 2.36. The van der Waals surface area contributed by atoms with Crippen LogP contribution in [-0.2, 0) is 6.18 Å². The van der Waals surface area contributed by atoms with E-state index in [2.05, 4.69) is 0 Å². The van der Waals surface area contributed by atoms with Gasteiger partial charge in [0.25, 0.3) is 5.69 Å². The lowest BCUT2D eigenvalue weighted by atomic mass is 10.0. The van der Waals surface area contributed by atoms with Crippen LogP contribution in [0, 0.1) is 10.1 Å². The molecule has 0 amide bonds. The summed E-state index contributed by atoms with van der Waals surface area (Å²) in [6.45, 7) is 0.891. The predicted molar refractivity (Wildman–Crippen MR) is 53.1 cm³/mol. The molecule has 0 aliphatic heterocycles. The molecule has 0 spiro atoms. The molecule has 0 aromatic heterocycles. The zero-order valence-corrected chi connectivity index (χ0v) is 9.09. The average molecular weight is 268 g/mol. The highest BCUT2D eigenvalue weighted by Crippen LogP contribution is 2.37. The quantitative estimate of drug-likeness (QED) is 0.468. The Labute approximate surface area is 98.1 Å². The number of halogens is 4. The first kappa shape index (κ1) is 13.4. The Balaban J connectivity index is 3.58. The molecule has 0 N–H and O–H groups in total. The summed E-state index contributed by atoms with van der Waals surface area (Å²) >= 11 is 5.35. The molecule has 0 unspecified atom stereocenters. The molecular formula is C9H5ClF3NO3. The second kappa shape index (κ2) is 4.33. The van der Waals surface area contributed by atoms with Crippen molar-refractivity contribution in [3.8, 4) is 0 Å². The number of nitrogens with zero attached hydrogens (tertiary/aromatic N) is 1. The fourth-order valence-corrected chi connectivity index (χ4v) is 1.46. The van der Waals surface area contributed by atoms with Crippen molar-refractivity contribution in [3.05, 3.63) is 38.4 Å². The minimum Gasteiger partial charge on any atom is -0.294 e. The van der Waals surface area contributed by atoms with Crippen molar-refractivity contribution in [3.63, 3.8) is 0 Å². The van der Waals surface area contributed by atoms with Crippen molar-refractivity contribution >= 4 is 23.1 Å². The lowest BCUT2D eigenvalue weighted by Gasteiger charge is -2.11. The Morgan fingerprint density at radius 2 is 1.94 bits per heavy atom. The van der Waals surface area contributed by atoms with Crippen LogP contribution in [0.15, 0.2) is 12.1 Å². The number of ketones is 1. The molecule has 0 aliphatic rings. The number of carbonyl (C=O) groups excluding carboxylic acids is 1. The van der Waals surface area contributed by atoms with Gasteiger partial charge in [-0.2, -0.15) is 13.2 Å². The number of Topliss-reactive ketones (excluding diaryl/α,β-unsaturated/α-hetero) is 1. The third kappa shape index (κ3) is 2.73. The molecule has 4 nitrogen and oxygen atoms in total. The van der Waals surface area contributed by atoms with Gasteiger partial charge in [-0.1, -0.05) is 11.6 Å². The topological polar surface area (TPSA) is 60.2 Å². The van der Waals surface area contributed by atoms with Gasteiger partial charge in [-0.15, -0.1) is 0 Å². The highest BCUT2D eigenvalue weighted by atomic mass is 35.5.